The zero-order chi connectivity index (χ0) is 12.2. The quantitative estimate of drug-likeness (QED) is 0.715. The van der Waals surface area contributed by atoms with Gasteiger partial charge in [-0.3, -0.25) is 9.59 Å². The second-order valence-corrected chi connectivity index (χ2v) is 5.00. The lowest BCUT2D eigenvalue weighted by molar-refractivity contribution is -0.148. The van der Waals surface area contributed by atoms with Gasteiger partial charge in [0.05, 0.1) is 18.6 Å². The van der Waals surface area contributed by atoms with E-state index in [0.717, 1.165) is 6.42 Å². The van der Waals surface area contributed by atoms with Crippen molar-refractivity contribution >= 4 is 11.9 Å². The highest BCUT2D eigenvalue weighted by Crippen LogP contribution is 2.51. The summed E-state index contributed by atoms with van der Waals surface area (Å²) in [7, 11) is 0. The van der Waals surface area contributed by atoms with Gasteiger partial charge in [0.15, 0.2) is 0 Å². The first-order valence-electron chi connectivity index (χ1n) is 5.98. The van der Waals surface area contributed by atoms with Crippen molar-refractivity contribution in [3.05, 3.63) is 12.2 Å². The van der Waals surface area contributed by atoms with Crippen LogP contribution in [0.1, 0.15) is 13.3 Å². The van der Waals surface area contributed by atoms with Crippen molar-refractivity contribution in [2.24, 2.45) is 11.8 Å². The van der Waals surface area contributed by atoms with E-state index in [2.05, 4.69) is 0 Å². The van der Waals surface area contributed by atoms with Gasteiger partial charge in [0.1, 0.15) is 11.5 Å². The third kappa shape index (κ3) is 1.23. The molecule has 0 aromatic carbocycles. The lowest BCUT2D eigenvalue weighted by Gasteiger charge is -2.21. The predicted molar refractivity (Wildman–Crippen MR) is 58.2 cm³/mol. The molecule has 4 atom stereocenters. The van der Waals surface area contributed by atoms with Gasteiger partial charge in [-0.1, -0.05) is 19.1 Å². The number of nitrogens with zero attached hydrogens (tertiary/aromatic N) is 1. The maximum atomic E-state index is 12.2. The average molecular weight is 237 g/mol. The number of carboxylic acids is 1. The van der Waals surface area contributed by atoms with Crippen LogP contribution in [0, 0.1) is 11.8 Å². The molecule has 1 spiro atoms. The summed E-state index contributed by atoms with van der Waals surface area (Å²) in [5.74, 6) is -2.24. The fraction of sp³-hybridized carbons (Fsp3) is 0.667. The Kier molecular flexibility index (Phi) is 2.10. The molecular weight excluding hydrogens is 222 g/mol. The van der Waals surface area contributed by atoms with Crippen LogP contribution in [0.3, 0.4) is 0 Å². The number of fused-ring (bicyclic) bond motifs is 1. The number of hydrogen-bond acceptors (Lipinski definition) is 3. The number of carbonyl (C=O) groups is 2. The van der Waals surface area contributed by atoms with Crippen LogP contribution < -0.4 is 0 Å². The standard InChI is InChI=1S/C12H15NO4/c1-2-5-13-6-12-4-3-7(17-12)8(11(15)16)9(12)10(13)14/h3-4,7-9H,2,5-6H2,1H3,(H,15,16)/t7-,8-,9+,12-/m0/s1. The molecule has 5 nitrogen and oxygen atoms in total. The number of rotatable bonds is 3. The van der Waals surface area contributed by atoms with Crippen molar-refractivity contribution in [3.8, 4) is 0 Å². The van der Waals surface area contributed by atoms with Crippen molar-refractivity contribution in [2.45, 2.75) is 25.0 Å². The molecule has 17 heavy (non-hydrogen) atoms. The lowest BCUT2D eigenvalue weighted by atomic mass is 9.77. The first-order valence-corrected chi connectivity index (χ1v) is 5.98. The summed E-state index contributed by atoms with van der Waals surface area (Å²) in [6.45, 7) is 3.17. The molecule has 3 rings (SSSR count). The third-order valence-electron chi connectivity index (χ3n) is 3.96. The summed E-state index contributed by atoms with van der Waals surface area (Å²) in [5.41, 5.74) is -0.667. The molecule has 0 aromatic rings. The normalized spacial score (nSPS) is 42.3. The third-order valence-corrected chi connectivity index (χ3v) is 3.96. The number of aliphatic carboxylic acids is 1. The molecule has 2 bridgehead atoms. The van der Waals surface area contributed by atoms with E-state index in [9.17, 15) is 14.7 Å². The minimum absolute atomic E-state index is 0.0638. The summed E-state index contributed by atoms with van der Waals surface area (Å²) >= 11 is 0. The molecule has 1 amide bonds. The molecule has 2 saturated heterocycles. The van der Waals surface area contributed by atoms with E-state index in [4.69, 9.17) is 4.74 Å². The van der Waals surface area contributed by atoms with Gasteiger partial charge in [0.25, 0.3) is 0 Å². The SMILES string of the molecule is CCCN1C[C@]23C=C[C@H](O2)[C@H](C(=O)O)[C@@H]3C1=O. The summed E-state index contributed by atoms with van der Waals surface area (Å²) < 4.78 is 5.75. The highest BCUT2D eigenvalue weighted by Gasteiger charge is 2.66. The molecule has 0 radical (unpaired) electrons. The Balaban J connectivity index is 1.96. The first kappa shape index (κ1) is 10.8. The van der Waals surface area contributed by atoms with Gasteiger partial charge in [0, 0.05) is 6.54 Å². The Bertz CT molecular complexity index is 419. The van der Waals surface area contributed by atoms with Crippen LogP contribution in [0.5, 0.6) is 0 Å². The molecule has 5 heteroatoms. The summed E-state index contributed by atoms with van der Waals surface area (Å²) in [5, 5.41) is 9.23. The topological polar surface area (TPSA) is 66.8 Å². The minimum atomic E-state index is -0.932. The van der Waals surface area contributed by atoms with E-state index < -0.39 is 29.5 Å². The molecule has 3 aliphatic rings. The Morgan fingerprint density at radius 1 is 1.71 bits per heavy atom. The van der Waals surface area contributed by atoms with E-state index in [1.54, 1.807) is 11.0 Å². The predicted octanol–water partition coefficient (Wildman–Crippen LogP) is 0.263. The van der Waals surface area contributed by atoms with Crippen LogP contribution in [0.15, 0.2) is 12.2 Å². The van der Waals surface area contributed by atoms with Crippen LogP contribution in [-0.4, -0.2) is 46.7 Å². The second-order valence-electron chi connectivity index (χ2n) is 5.00. The van der Waals surface area contributed by atoms with Gasteiger partial charge in [-0.25, -0.2) is 0 Å². The minimum Gasteiger partial charge on any atom is -0.481 e. The van der Waals surface area contributed by atoms with E-state index in [1.807, 2.05) is 13.0 Å². The second kappa shape index (κ2) is 3.32. The Labute approximate surface area is 99.0 Å². The molecular formula is C12H15NO4. The fourth-order valence-corrected chi connectivity index (χ4v) is 3.32. The average Bonchev–Trinajstić information content (AvgIpc) is 2.88. The molecule has 0 unspecified atom stereocenters. The molecule has 2 fully saturated rings. The maximum Gasteiger partial charge on any atom is 0.310 e. The van der Waals surface area contributed by atoms with E-state index in [-0.39, 0.29) is 5.91 Å². The lowest BCUT2D eigenvalue weighted by Crippen LogP contribution is -2.39. The Morgan fingerprint density at radius 3 is 3.12 bits per heavy atom. The van der Waals surface area contributed by atoms with Gasteiger partial charge in [-0.15, -0.1) is 0 Å². The Morgan fingerprint density at radius 2 is 2.47 bits per heavy atom. The molecule has 92 valence electrons. The highest BCUT2D eigenvalue weighted by atomic mass is 16.5. The number of carbonyl (C=O) groups excluding carboxylic acids is 1. The first-order chi connectivity index (χ1) is 8.09. The van der Waals surface area contributed by atoms with Crippen molar-refractivity contribution in [3.63, 3.8) is 0 Å². The number of carboxylic acid groups (broad SMARTS) is 1. The van der Waals surface area contributed by atoms with Crippen LogP contribution in [0.25, 0.3) is 0 Å². The monoisotopic (exact) mass is 237 g/mol. The molecule has 0 aliphatic carbocycles. The van der Waals surface area contributed by atoms with Crippen molar-refractivity contribution in [1.82, 2.24) is 4.90 Å². The summed E-state index contributed by atoms with van der Waals surface area (Å²) in [6.07, 6.45) is 4.12. The van der Waals surface area contributed by atoms with E-state index >= 15 is 0 Å². The van der Waals surface area contributed by atoms with Gasteiger partial charge >= 0.3 is 5.97 Å². The number of ether oxygens (including phenoxy) is 1. The van der Waals surface area contributed by atoms with Crippen LogP contribution >= 0.6 is 0 Å². The number of amides is 1. The molecule has 0 saturated carbocycles. The summed E-state index contributed by atoms with van der Waals surface area (Å²) in [4.78, 5) is 25.2. The Hall–Kier alpha value is -1.36. The number of likely N-dealkylation sites (tertiary alicyclic amines) is 1. The highest BCUT2D eigenvalue weighted by molar-refractivity contribution is 5.90. The van der Waals surface area contributed by atoms with Crippen LogP contribution in [0.4, 0.5) is 0 Å². The van der Waals surface area contributed by atoms with Gasteiger partial charge in [0.2, 0.25) is 5.91 Å². The van der Waals surface area contributed by atoms with E-state index in [1.165, 1.54) is 0 Å². The summed E-state index contributed by atoms with van der Waals surface area (Å²) in [6, 6.07) is 0. The van der Waals surface area contributed by atoms with Crippen LogP contribution in [-0.2, 0) is 14.3 Å². The molecule has 3 heterocycles. The van der Waals surface area contributed by atoms with E-state index in [0.29, 0.717) is 13.1 Å². The largest absolute Gasteiger partial charge is 0.481 e. The zero-order valence-electron chi connectivity index (χ0n) is 9.63. The van der Waals surface area contributed by atoms with Gasteiger partial charge in [-0.2, -0.15) is 0 Å². The maximum absolute atomic E-state index is 12.2. The molecule has 3 aliphatic heterocycles. The number of hydrogen-bond donors (Lipinski definition) is 1. The zero-order valence-corrected chi connectivity index (χ0v) is 9.63. The van der Waals surface area contributed by atoms with Gasteiger partial charge < -0.3 is 14.7 Å². The molecule has 1 N–H and O–H groups in total. The molecule has 0 aromatic heterocycles. The smallest absolute Gasteiger partial charge is 0.310 e. The van der Waals surface area contributed by atoms with Crippen molar-refractivity contribution in [1.29, 1.82) is 0 Å². The van der Waals surface area contributed by atoms with Crippen molar-refractivity contribution < 1.29 is 19.4 Å². The van der Waals surface area contributed by atoms with Crippen LogP contribution in [0.2, 0.25) is 0 Å². The fourth-order valence-electron chi connectivity index (χ4n) is 3.32. The van der Waals surface area contributed by atoms with Crippen molar-refractivity contribution in [2.75, 3.05) is 13.1 Å². The van der Waals surface area contributed by atoms with Gasteiger partial charge in [-0.05, 0) is 6.42 Å².